The number of rotatable bonds is 4. The van der Waals surface area contributed by atoms with Gasteiger partial charge in [-0.05, 0) is 35.7 Å². The van der Waals surface area contributed by atoms with E-state index in [9.17, 15) is 33.6 Å². The number of nitrogens with zero attached hydrogens (tertiary/aromatic N) is 2. The summed E-state index contributed by atoms with van der Waals surface area (Å²) in [5.41, 5.74) is -0.938. The zero-order chi connectivity index (χ0) is 22.3. The summed E-state index contributed by atoms with van der Waals surface area (Å²) in [7, 11) is 0. The van der Waals surface area contributed by atoms with Gasteiger partial charge in [0.2, 0.25) is 0 Å². The van der Waals surface area contributed by atoms with Crippen molar-refractivity contribution in [3.05, 3.63) is 97.7 Å². The van der Waals surface area contributed by atoms with E-state index in [1.807, 2.05) is 0 Å². The van der Waals surface area contributed by atoms with Crippen LogP contribution in [0.2, 0.25) is 0 Å². The Balaban J connectivity index is 1.92. The summed E-state index contributed by atoms with van der Waals surface area (Å²) in [6, 6.07) is 9.29. The van der Waals surface area contributed by atoms with Gasteiger partial charge < -0.3 is 5.11 Å². The largest absolute Gasteiger partial charge is 0.507 e. The van der Waals surface area contributed by atoms with Crippen LogP contribution >= 0.6 is 11.3 Å². The number of anilines is 1. The second-order valence-electron chi connectivity index (χ2n) is 6.58. The molecule has 4 rings (SSSR count). The minimum absolute atomic E-state index is 0.0601. The Morgan fingerprint density at radius 1 is 1.10 bits per heavy atom. The highest BCUT2D eigenvalue weighted by Gasteiger charge is 2.48. The van der Waals surface area contributed by atoms with Crippen LogP contribution in [0.15, 0.2) is 65.6 Å². The maximum absolute atomic E-state index is 14.5. The molecular formula is C21H12F2N2O5S. The number of nitro benzene ring substituents is 1. The van der Waals surface area contributed by atoms with E-state index >= 15 is 0 Å². The lowest BCUT2D eigenvalue weighted by Crippen LogP contribution is -2.30. The first-order valence-corrected chi connectivity index (χ1v) is 9.72. The zero-order valence-corrected chi connectivity index (χ0v) is 16.3. The molecule has 156 valence electrons. The van der Waals surface area contributed by atoms with Gasteiger partial charge in [-0.2, -0.15) is 0 Å². The molecule has 0 radical (unpaired) electrons. The van der Waals surface area contributed by atoms with Gasteiger partial charge in [0.25, 0.3) is 17.4 Å². The van der Waals surface area contributed by atoms with Crippen molar-refractivity contribution >= 4 is 40.2 Å². The zero-order valence-electron chi connectivity index (χ0n) is 15.5. The van der Waals surface area contributed by atoms with Gasteiger partial charge in [-0.25, -0.2) is 8.78 Å². The summed E-state index contributed by atoms with van der Waals surface area (Å²) in [6.45, 7) is 0. The molecular weight excluding hydrogens is 430 g/mol. The number of hydrogen-bond acceptors (Lipinski definition) is 6. The first-order valence-electron chi connectivity index (χ1n) is 8.84. The Bertz CT molecular complexity index is 1240. The summed E-state index contributed by atoms with van der Waals surface area (Å²) in [4.78, 5) is 37.2. The van der Waals surface area contributed by atoms with Crippen LogP contribution in [0.1, 0.15) is 16.5 Å². The van der Waals surface area contributed by atoms with E-state index in [2.05, 4.69) is 0 Å². The third-order valence-electron chi connectivity index (χ3n) is 4.78. The van der Waals surface area contributed by atoms with Crippen LogP contribution < -0.4 is 4.90 Å². The maximum atomic E-state index is 14.5. The molecule has 2 aromatic carbocycles. The minimum Gasteiger partial charge on any atom is -0.507 e. The highest BCUT2D eigenvalue weighted by atomic mass is 32.1. The van der Waals surface area contributed by atoms with E-state index in [0.717, 1.165) is 46.6 Å². The van der Waals surface area contributed by atoms with Crippen molar-refractivity contribution in [3.8, 4) is 0 Å². The highest BCUT2D eigenvalue weighted by molar-refractivity contribution is 7.10. The minimum atomic E-state index is -1.20. The van der Waals surface area contributed by atoms with Crippen LogP contribution in [0.5, 0.6) is 0 Å². The molecule has 0 bridgehead atoms. The smallest absolute Gasteiger partial charge is 0.300 e. The third kappa shape index (κ3) is 3.46. The summed E-state index contributed by atoms with van der Waals surface area (Å²) in [5.74, 6) is -4.52. The number of benzene rings is 2. The van der Waals surface area contributed by atoms with E-state index in [1.54, 1.807) is 17.5 Å². The number of hydrogen-bond donors (Lipinski definition) is 1. The van der Waals surface area contributed by atoms with Crippen LogP contribution in [0.3, 0.4) is 0 Å². The van der Waals surface area contributed by atoms with Crippen LogP contribution in [-0.2, 0) is 9.59 Å². The van der Waals surface area contributed by atoms with Crippen molar-refractivity contribution in [2.24, 2.45) is 0 Å². The Labute approximate surface area is 177 Å². The fourth-order valence-electron chi connectivity index (χ4n) is 3.36. The van der Waals surface area contributed by atoms with E-state index in [1.165, 1.54) is 12.1 Å². The monoisotopic (exact) mass is 442 g/mol. The first kappa shape index (κ1) is 20.4. The number of carbonyl (C=O) groups excluding carboxylic acids is 2. The molecule has 1 aliphatic rings. The predicted molar refractivity (Wildman–Crippen MR) is 109 cm³/mol. The van der Waals surface area contributed by atoms with Gasteiger partial charge in [0.05, 0.1) is 16.2 Å². The third-order valence-corrected chi connectivity index (χ3v) is 5.70. The summed E-state index contributed by atoms with van der Waals surface area (Å²) < 4.78 is 28.3. The van der Waals surface area contributed by atoms with Gasteiger partial charge >= 0.3 is 0 Å². The Kier molecular flexibility index (Phi) is 5.07. The lowest BCUT2D eigenvalue weighted by molar-refractivity contribution is -0.384. The standard InChI is InChI=1S/C21H12F2N2O5S/c22-12-5-8-14(23)15(10-12)24-18(16-2-1-9-31-16)17(20(27)21(24)28)19(26)11-3-6-13(7-4-11)25(29)30/h1-10,18,26H/b19-17-. The molecule has 1 amide bonds. The van der Waals surface area contributed by atoms with Crippen molar-refractivity contribution in [2.45, 2.75) is 6.04 Å². The fourth-order valence-corrected chi connectivity index (χ4v) is 4.19. The fraction of sp³-hybridized carbons (Fsp3) is 0.0476. The average molecular weight is 442 g/mol. The number of halogens is 2. The number of amides is 1. The number of aliphatic hydroxyl groups excluding tert-OH is 1. The van der Waals surface area contributed by atoms with Crippen LogP contribution in [0, 0.1) is 21.7 Å². The van der Waals surface area contributed by atoms with Crippen LogP contribution in [0.25, 0.3) is 5.76 Å². The summed E-state index contributed by atoms with van der Waals surface area (Å²) in [5, 5.41) is 23.4. The normalized spacial score (nSPS) is 17.9. The predicted octanol–water partition coefficient (Wildman–Crippen LogP) is 4.56. The Hall–Kier alpha value is -3.92. The number of aliphatic hydroxyl groups is 1. The average Bonchev–Trinajstić information content (AvgIpc) is 3.37. The number of nitro groups is 1. The lowest BCUT2D eigenvalue weighted by atomic mass is 9.99. The molecule has 1 aliphatic heterocycles. The number of carbonyl (C=O) groups is 2. The van der Waals surface area contributed by atoms with Gasteiger partial charge in [-0.3, -0.25) is 24.6 Å². The van der Waals surface area contributed by atoms with Gasteiger partial charge in [-0.15, -0.1) is 11.3 Å². The number of non-ortho nitro benzene ring substituents is 1. The molecule has 3 aromatic rings. The number of Topliss-reactive ketones (excluding diaryl/α,β-unsaturated/α-hetero) is 1. The summed E-state index contributed by atoms with van der Waals surface area (Å²) in [6.07, 6.45) is 0. The van der Waals surface area contributed by atoms with E-state index < -0.39 is 45.7 Å². The molecule has 7 nitrogen and oxygen atoms in total. The van der Waals surface area contributed by atoms with E-state index in [-0.39, 0.29) is 16.8 Å². The molecule has 1 N–H and O–H groups in total. The highest BCUT2D eigenvalue weighted by Crippen LogP contribution is 2.44. The quantitative estimate of drug-likeness (QED) is 0.210. The maximum Gasteiger partial charge on any atom is 0.300 e. The van der Waals surface area contributed by atoms with Gasteiger partial charge in [-0.1, -0.05) is 6.07 Å². The molecule has 1 unspecified atom stereocenters. The molecule has 0 saturated carbocycles. The second-order valence-corrected chi connectivity index (χ2v) is 7.56. The van der Waals surface area contributed by atoms with Crippen molar-refractivity contribution in [2.75, 3.05) is 4.90 Å². The van der Waals surface area contributed by atoms with Crippen LogP contribution in [0.4, 0.5) is 20.2 Å². The SMILES string of the molecule is O=C1C(=O)N(c2cc(F)ccc2F)C(c2cccs2)/C1=C(/O)c1ccc([N+](=O)[O-])cc1. The molecule has 0 aliphatic carbocycles. The molecule has 1 fully saturated rings. The van der Waals surface area contributed by atoms with Gasteiger partial charge in [0.15, 0.2) is 0 Å². The van der Waals surface area contributed by atoms with Crippen molar-refractivity contribution < 1.29 is 28.4 Å². The van der Waals surface area contributed by atoms with E-state index in [0.29, 0.717) is 4.88 Å². The van der Waals surface area contributed by atoms with Crippen molar-refractivity contribution in [1.29, 1.82) is 0 Å². The van der Waals surface area contributed by atoms with Crippen molar-refractivity contribution in [1.82, 2.24) is 0 Å². The first-order chi connectivity index (χ1) is 14.8. The van der Waals surface area contributed by atoms with Gasteiger partial charge in [0.1, 0.15) is 23.4 Å². The molecule has 1 aromatic heterocycles. The Morgan fingerprint density at radius 2 is 1.81 bits per heavy atom. The van der Waals surface area contributed by atoms with Crippen LogP contribution in [-0.4, -0.2) is 21.7 Å². The lowest BCUT2D eigenvalue weighted by Gasteiger charge is -2.24. The van der Waals surface area contributed by atoms with Crippen molar-refractivity contribution in [3.63, 3.8) is 0 Å². The van der Waals surface area contributed by atoms with E-state index in [4.69, 9.17) is 0 Å². The second kappa shape index (κ2) is 7.73. The molecule has 1 atom stereocenters. The molecule has 0 spiro atoms. The topological polar surface area (TPSA) is 101 Å². The Morgan fingerprint density at radius 3 is 2.42 bits per heavy atom. The number of ketones is 1. The number of thiophene rings is 1. The van der Waals surface area contributed by atoms with Gasteiger partial charge in [0, 0.05) is 28.6 Å². The molecule has 31 heavy (non-hydrogen) atoms. The summed E-state index contributed by atoms with van der Waals surface area (Å²) >= 11 is 1.16. The molecule has 1 saturated heterocycles. The molecule has 10 heteroatoms. The molecule has 2 heterocycles.